The second-order valence-corrected chi connectivity index (χ2v) is 3.81. The maximum absolute atomic E-state index is 11.0. The number of nitrogens with two attached hydrogens (primary N) is 1. The zero-order valence-corrected chi connectivity index (χ0v) is 8.63. The molecule has 0 heterocycles. The molecule has 4 N–H and O–H groups in total. The zero-order chi connectivity index (χ0) is 10.2. The average molecular weight is 212 g/mol. The molecule has 7 heteroatoms. The molecule has 0 saturated carbocycles. The zero-order valence-electron chi connectivity index (χ0n) is 7.73. The highest BCUT2D eigenvalue weighted by molar-refractivity contribution is 7.47. The van der Waals surface area contributed by atoms with Gasteiger partial charge in [-0.3, -0.25) is 4.52 Å². The van der Waals surface area contributed by atoms with Crippen molar-refractivity contribution in [3.63, 3.8) is 0 Å². The Morgan fingerprint density at radius 2 is 2.31 bits per heavy atom. The highest BCUT2D eigenvalue weighted by Crippen LogP contribution is 2.41. The molecule has 0 fully saturated rings. The Bertz CT molecular complexity index is 153. The van der Waals surface area contributed by atoms with Crippen LogP contribution in [0.3, 0.4) is 0 Å². The lowest BCUT2D eigenvalue weighted by molar-refractivity contribution is 0.0975. The summed E-state index contributed by atoms with van der Waals surface area (Å²) in [6.07, 6.45) is 1.63. The van der Waals surface area contributed by atoms with Crippen molar-refractivity contribution in [3.05, 3.63) is 0 Å². The number of hydrogen-bond acceptors (Lipinski definition) is 5. The van der Waals surface area contributed by atoms with E-state index in [-0.39, 0.29) is 6.61 Å². The second-order valence-electron chi connectivity index (χ2n) is 2.43. The van der Waals surface area contributed by atoms with Crippen molar-refractivity contribution in [2.24, 2.45) is 5.73 Å². The van der Waals surface area contributed by atoms with Gasteiger partial charge in [0.05, 0.1) is 6.61 Å². The van der Waals surface area contributed by atoms with Crippen molar-refractivity contribution in [2.75, 3.05) is 19.7 Å². The van der Waals surface area contributed by atoms with E-state index in [2.05, 4.69) is 14.6 Å². The SMILES string of the molecule is CCCCOP(=O)(O)ONCCN. The van der Waals surface area contributed by atoms with E-state index < -0.39 is 7.82 Å². The molecular weight excluding hydrogens is 195 g/mol. The largest absolute Gasteiger partial charge is 0.488 e. The van der Waals surface area contributed by atoms with Gasteiger partial charge in [-0.15, -0.1) is 0 Å². The van der Waals surface area contributed by atoms with Crippen LogP contribution >= 0.6 is 7.82 Å². The molecule has 80 valence electrons. The lowest BCUT2D eigenvalue weighted by Crippen LogP contribution is -2.22. The van der Waals surface area contributed by atoms with E-state index in [4.69, 9.17) is 10.6 Å². The van der Waals surface area contributed by atoms with Crippen molar-refractivity contribution < 1.29 is 18.6 Å². The fraction of sp³-hybridized carbons (Fsp3) is 1.00. The van der Waals surface area contributed by atoms with Crippen LogP contribution in [0.1, 0.15) is 19.8 Å². The Hall–Kier alpha value is 0.0300. The van der Waals surface area contributed by atoms with Crippen LogP contribution in [0.4, 0.5) is 0 Å². The van der Waals surface area contributed by atoms with Crippen LogP contribution in [0.2, 0.25) is 0 Å². The van der Waals surface area contributed by atoms with E-state index >= 15 is 0 Å². The minimum Gasteiger partial charge on any atom is -0.329 e. The van der Waals surface area contributed by atoms with Gasteiger partial charge in [-0.05, 0) is 6.42 Å². The first kappa shape index (κ1) is 13.0. The lowest BCUT2D eigenvalue weighted by atomic mass is 10.4. The van der Waals surface area contributed by atoms with Crippen molar-refractivity contribution >= 4 is 7.82 Å². The molecular formula is C6H17N2O4P. The fourth-order valence-corrected chi connectivity index (χ4v) is 1.20. The van der Waals surface area contributed by atoms with E-state index in [1.54, 1.807) is 0 Å². The molecule has 13 heavy (non-hydrogen) atoms. The Morgan fingerprint density at radius 3 is 2.85 bits per heavy atom. The van der Waals surface area contributed by atoms with Crippen LogP contribution < -0.4 is 11.2 Å². The van der Waals surface area contributed by atoms with Gasteiger partial charge in [0.15, 0.2) is 0 Å². The molecule has 0 radical (unpaired) electrons. The fourth-order valence-electron chi connectivity index (χ4n) is 0.537. The van der Waals surface area contributed by atoms with Gasteiger partial charge in [0, 0.05) is 13.1 Å². The van der Waals surface area contributed by atoms with E-state index in [0.29, 0.717) is 13.1 Å². The summed E-state index contributed by atoms with van der Waals surface area (Å²) in [6, 6.07) is 0. The molecule has 0 aliphatic carbocycles. The summed E-state index contributed by atoms with van der Waals surface area (Å²) in [5.74, 6) is 0. The predicted octanol–water partition coefficient (Wildman–Crippen LogP) is 0.383. The Morgan fingerprint density at radius 1 is 1.62 bits per heavy atom. The topological polar surface area (TPSA) is 93.8 Å². The van der Waals surface area contributed by atoms with Gasteiger partial charge < -0.3 is 10.6 Å². The van der Waals surface area contributed by atoms with E-state index in [0.717, 1.165) is 12.8 Å². The number of unbranched alkanes of at least 4 members (excludes halogenated alkanes) is 1. The van der Waals surface area contributed by atoms with Gasteiger partial charge in [-0.2, -0.15) is 10.1 Å². The van der Waals surface area contributed by atoms with Gasteiger partial charge >= 0.3 is 7.82 Å². The van der Waals surface area contributed by atoms with Crippen molar-refractivity contribution in [1.82, 2.24) is 5.48 Å². The quantitative estimate of drug-likeness (QED) is 0.306. The number of hydroxylamine groups is 1. The summed E-state index contributed by atoms with van der Waals surface area (Å²) in [7, 11) is -3.92. The van der Waals surface area contributed by atoms with Gasteiger partial charge in [0.2, 0.25) is 0 Å². The average Bonchev–Trinajstić information content (AvgIpc) is 2.05. The molecule has 1 atom stereocenters. The first-order valence-electron chi connectivity index (χ1n) is 4.21. The van der Waals surface area contributed by atoms with Crippen LogP contribution in [0.15, 0.2) is 0 Å². The third kappa shape index (κ3) is 8.36. The van der Waals surface area contributed by atoms with Crippen LogP contribution in [0.25, 0.3) is 0 Å². The van der Waals surface area contributed by atoms with Crippen molar-refractivity contribution in [2.45, 2.75) is 19.8 Å². The second kappa shape index (κ2) is 7.44. The summed E-state index contributed by atoms with van der Waals surface area (Å²) >= 11 is 0. The van der Waals surface area contributed by atoms with E-state index in [1.807, 2.05) is 6.92 Å². The summed E-state index contributed by atoms with van der Waals surface area (Å²) < 4.78 is 19.9. The number of phosphoric ester groups is 1. The van der Waals surface area contributed by atoms with Crippen LogP contribution in [-0.2, 0) is 13.7 Å². The molecule has 0 bridgehead atoms. The minimum absolute atomic E-state index is 0.217. The number of hydrogen-bond donors (Lipinski definition) is 3. The molecule has 0 spiro atoms. The van der Waals surface area contributed by atoms with Gasteiger partial charge in [0.1, 0.15) is 0 Å². The monoisotopic (exact) mass is 212 g/mol. The van der Waals surface area contributed by atoms with Crippen LogP contribution in [0, 0.1) is 0 Å². The van der Waals surface area contributed by atoms with E-state index in [1.165, 1.54) is 0 Å². The van der Waals surface area contributed by atoms with Crippen LogP contribution in [-0.4, -0.2) is 24.6 Å². The first-order valence-corrected chi connectivity index (χ1v) is 5.70. The summed E-state index contributed by atoms with van der Waals surface area (Å²) in [5.41, 5.74) is 7.36. The molecule has 6 nitrogen and oxygen atoms in total. The molecule has 0 aromatic heterocycles. The number of nitrogens with one attached hydrogen (secondary N) is 1. The maximum Gasteiger partial charge on any atom is 0.488 e. The standard InChI is InChI=1S/C6H17N2O4P/c1-2-3-6-11-13(9,10)12-8-5-4-7/h8H,2-7H2,1H3,(H,9,10). The summed E-state index contributed by atoms with van der Waals surface area (Å²) in [5, 5.41) is 0. The van der Waals surface area contributed by atoms with Crippen molar-refractivity contribution in [3.8, 4) is 0 Å². The Balaban J connectivity index is 3.49. The highest BCUT2D eigenvalue weighted by atomic mass is 31.2. The number of rotatable bonds is 8. The smallest absolute Gasteiger partial charge is 0.329 e. The van der Waals surface area contributed by atoms with Crippen LogP contribution in [0.5, 0.6) is 0 Å². The first-order chi connectivity index (χ1) is 6.12. The third-order valence-electron chi connectivity index (χ3n) is 1.18. The Labute approximate surface area is 78.0 Å². The minimum atomic E-state index is -3.92. The molecule has 0 aromatic rings. The molecule has 0 rings (SSSR count). The third-order valence-corrected chi connectivity index (χ3v) is 2.05. The normalized spacial score (nSPS) is 15.6. The molecule has 0 saturated heterocycles. The maximum atomic E-state index is 11.0. The molecule has 1 unspecified atom stereocenters. The summed E-state index contributed by atoms with van der Waals surface area (Å²) in [4.78, 5) is 8.98. The van der Waals surface area contributed by atoms with Gasteiger partial charge in [0.25, 0.3) is 0 Å². The van der Waals surface area contributed by atoms with Gasteiger partial charge in [-0.1, -0.05) is 13.3 Å². The van der Waals surface area contributed by atoms with Gasteiger partial charge in [-0.25, -0.2) is 4.57 Å². The highest BCUT2D eigenvalue weighted by Gasteiger charge is 2.20. The number of phosphoric acid groups is 1. The predicted molar refractivity (Wildman–Crippen MR) is 48.8 cm³/mol. The van der Waals surface area contributed by atoms with Crippen molar-refractivity contribution in [1.29, 1.82) is 0 Å². The molecule has 0 aliphatic rings. The van der Waals surface area contributed by atoms with E-state index in [9.17, 15) is 4.57 Å². The lowest BCUT2D eigenvalue weighted by Gasteiger charge is -2.11. The molecule has 0 aliphatic heterocycles. The summed E-state index contributed by atoms with van der Waals surface area (Å²) in [6.45, 7) is 2.81. The molecule has 0 amide bonds. The Kier molecular flexibility index (Phi) is 7.45. The molecule has 0 aromatic carbocycles.